The third-order valence-electron chi connectivity index (χ3n) is 4.54. The van der Waals surface area contributed by atoms with Crippen LogP contribution in [-0.4, -0.2) is 51.1 Å². The zero-order valence-electron chi connectivity index (χ0n) is 16.5. The van der Waals surface area contributed by atoms with Crippen LogP contribution in [0, 0.1) is 5.41 Å². The van der Waals surface area contributed by atoms with E-state index in [1.54, 1.807) is 7.05 Å². The zero-order chi connectivity index (χ0) is 19.2. The Morgan fingerprint density at radius 3 is 2.59 bits per heavy atom. The summed E-state index contributed by atoms with van der Waals surface area (Å²) in [5, 5.41) is 9.50. The Morgan fingerprint density at radius 2 is 2.00 bits per heavy atom. The van der Waals surface area contributed by atoms with Crippen LogP contribution < -0.4 is 20.9 Å². The summed E-state index contributed by atoms with van der Waals surface area (Å²) in [6, 6.07) is 8.75. The number of hydrogen-bond acceptors (Lipinski definition) is 3. The van der Waals surface area contributed by atoms with Gasteiger partial charge in [-0.2, -0.15) is 0 Å². The van der Waals surface area contributed by atoms with Crippen molar-refractivity contribution in [3.63, 3.8) is 0 Å². The topological polar surface area (TPSA) is 68.8 Å². The predicted octanol–water partition coefficient (Wildman–Crippen LogP) is 2.97. The van der Waals surface area contributed by atoms with Crippen molar-refractivity contribution in [2.75, 3.05) is 38.1 Å². The normalized spacial score (nSPS) is 17.3. The molecule has 0 radical (unpaired) electrons. The molecule has 1 heterocycles. The number of carbonyl (C=O) groups excluding carboxylic acids is 1. The number of anilines is 1. The van der Waals surface area contributed by atoms with E-state index < -0.39 is 5.41 Å². The summed E-state index contributed by atoms with van der Waals surface area (Å²) in [6.07, 6.45) is 1.05. The van der Waals surface area contributed by atoms with E-state index >= 15 is 0 Å². The van der Waals surface area contributed by atoms with Gasteiger partial charge in [0, 0.05) is 42.9 Å². The molecule has 8 heteroatoms. The average molecular weight is 552 g/mol. The fourth-order valence-corrected chi connectivity index (χ4v) is 3.23. The number of rotatable bonds is 6. The van der Waals surface area contributed by atoms with Crippen molar-refractivity contribution in [2.45, 2.75) is 33.2 Å². The molecule has 0 bridgehead atoms. The van der Waals surface area contributed by atoms with E-state index in [0.29, 0.717) is 12.6 Å². The summed E-state index contributed by atoms with van der Waals surface area (Å²) in [4.78, 5) is 19.0. The molecule has 152 valence electrons. The standard InChI is InChI=1S/C19H30BrN5O.HI/c1-5-22-18(23-13-19(2,3)17(26)21-4)24-15-10-11-25(12-15)16-8-6-14(20)7-9-16;/h6-9,15H,5,10-13H2,1-4H3,(H,21,26)(H2,22,23,24);1H. The van der Waals surface area contributed by atoms with E-state index in [0.717, 1.165) is 36.5 Å². The third-order valence-corrected chi connectivity index (χ3v) is 5.07. The largest absolute Gasteiger partial charge is 0.369 e. The molecule has 1 aliphatic rings. The number of hydrogen-bond donors (Lipinski definition) is 3. The minimum Gasteiger partial charge on any atom is -0.369 e. The lowest BCUT2D eigenvalue weighted by Crippen LogP contribution is -2.45. The van der Waals surface area contributed by atoms with Crippen LogP contribution in [0.25, 0.3) is 0 Å². The SMILES string of the molecule is CCNC(=NCC(C)(C)C(=O)NC)NC1CCN(c2ccc(Br)cc2)C1.I. The van der Waals surface area contributed by atoms with Gasteiger partial charge in [-0.3, -0.25) is 9.79 Å². The molecule has 2 rings (SSSR count). The molecule has 0 saturated carbocycles. The number of guanidine groups is 1. The first-order chi connectivity index (χ1) is 12.4. The maximum absolute atomic E-state index is 11.9. The first-order valence-corrected chi connectivity index (χ1v) is 9.92. The Morgan fingerprint density at radius 1 is 1.33 bits per heavy atom. The minimum atomic E-state index is -0.532. The molecule has 27 heavy (non-hydrogen) atoms. The van der Waals surface area contributed by atoms with Crippen LogP contribution in [0.3, 0.4) is 0 Å². The first kappa shape index (κ1) is 24.0. The van der Waals surface area contributed by atoms with Gasteiger partial charge in [0.15, 0.2) is 5.96 Å². The quantitative estimate of drug-likeness (QED) is 0.289. The highest BCUT2D eigenvalue weighted by molar-refractivity contribution is 14.0. The predicted molar refractivity (Wildman–Crippen MR) is 127 cm³/mol. The number of nitrogens with one attached hydrogen (secondary N) is 3. The maximum Gasteiger partial charge on any atom is 0.227 e. The van der Waals surface area contributed by atoms with Crippen LogP contribution >= 0.6 is 39.9 Å². The summed E-state index contributed by atoms with van der Waals surface area (Å²) in [7, 11) is 1.66. The lowest BCUT2D eigenvalue weighted by Gasteiger charge is -2.23. The highest BCUT2D eigenvalue weighted by atomic mass is 127. The Kier molecular flexibility index (Phi) is 9.86. The van der Waals surface area contributed by atoms with E-state index in [-0.39, 0.29) is 29.9 Å². The van der Waals surface area contributed by atoms with Crippen molar-refractivity contribution in [3.8, 4) is 0 Å². The second kappa shape index (κ2) is 11.1. The third kappa shape index (κ3) is 7.14. The van der Waals surface area contributed by atoms with Gasteiger partial charge in [0.25, 0.3) is 0 Å². The molecule has 0 aliphatic carbocycles. The summed E-state index contributed by atoms with van der Waals surface area (Å²) in [5.41, 5.74) is 0.705. The number of aliphatic imine (C=N–C) groups is 1. The summed E-state index contributed by atoms with van der Waals surface area (Å²) < 4.78 is 1.09. The van der Waals surface area contributed by atoms with E-state index in [1.807, 2.05) is 20.8 Å². The van der Waals surface area contributed by atoms with E-state index in [1.165, 1.54) is 5.69 Å². The van der Waals surface area contributed by atoms with Crippen LogP contribution in [0.2, 0.25) is 0 Å². The lowest BCUT2D eigenvalue weighted by molar-refractivity contribution is -0.128. The minimum absolute atomic E-state index is 0. The van der Waals surface area contributed by atoms with Crippen LogP contribution in [0.15, 0.2) is 33.7 Å². The maximum atomic E-state index is 11.9. The molecule has 1 aromatic carbocycles. The Hall–Kier alpha value is -1.03. The average Bonchev–Trinajstić information content (AvgIpc) is 3.08. The number of amides is 1. The second-order valence-corrected chi connectivity index (χ2v) is 8.13. The second-order valence-electron chi connectivity index (χ2n) is 7.21. The van der Waals surface area contributed by atoms with Gasteiger partial charge in [-0.1, -0.05) is 15.9 Å². The lowest BCUT2D eigenvalue weighted by atomic mass is 9.93. The molecule has 1 saturated heterocycles. The molecule has 1 fully saturated rings. The zero-order valence-corrected chi connectivity index (χ0v) is 20.4. The summed E-state index contributed by atoms with van der Waals surface area (Å²) in [6.45, 7) is 9.03. The van der Waals surface area contributed by atoms with Crippen LogP contribution in [0.5, 0.6) is 0 Å². The van der Waals surface area contributed by atoms with Gasteiger partial charge in [-0.05, 0) is 51.5 Å². The molecule has 1 amide bonds. The smallest absolute Gasteiger partial charge is 0.227 e. The monoisotopic (exact) mass is 551 g/mol. The number of nitrogens with zero attached hydrogens (tertiary/aromatic N) is 2. The van der Waals surface area contributed by atoms with Gasteiger partial charge >= 0.3 is 0 Å². The highest BCUT2D eigenvalue weighted by Crippen LogP contribution is 2.22. The van der Waals surface area contributed by atoms with Gasteiger partial charge in [0.1, 0.15) is 0 Å². The van der Waals surface area contributed by atoms with Gasteiger partial charge in [-0.25, -0.2) is 0 Å². The van der Waals surface area contributed by atoms with Gasteiger partial charge in [0.05, 0.1) is 12.0 Å². The number of halogens is 2. The highest BCUT2D eigenvalue weighted by Gasteiger charge is 2.27. The van der Waals surface area contributed by atoms with Gasteiger partial charge < -0.3 is 20.9 Å². The molecular weight excluding hydrogens is 521 g/mol. The Bertz CT molecular complexity index is 635. The molecule has 6 nitrogen and oxygen atoms in total. The fraction of sp³-hybridized carbons (Fsp3) is 0.579. The van der Waals surface area contributed by atoms with Crippen LogP contribution in [-0.2, 0) is 4.79 Å². The Labute approximate surface area is 188 Å². The molecular formula is C19H31BrIN5O. The van der Waals surface area contributed by atoms with Crippen molar-refractivity contribution in [3.05, 3.63) is 28.7 Å². The molecule has 3 N–H and O–H groups in total. The first-order valence-electron chi connectivity index (χ1n) is 9.13. The molecule has 1 aromatic rings. The van der Waals surface area contributed by atoms with Gasteiger partial charge in [-0.15, -0.1) is 24.0 Å². The van der Waals surface area contributed by atoms with Crippen molar-refractivity contribution in [1.29, 1.82) is 0 Å². The van der Waals surface area contributed by atoms with Crippen molar-refractivity contribution < 1.29 is 4.79 Å². The summed E-state index contributed by atoms with van der Waals surface area (Å²) >= 11 is 3.48. The van der Waals surface area contributed by atoms with Crippen molar-refractivity contribution >= 4 is 57.5 Å². The molecule has 1 aliphatic heterocycles. The number of benzene rings is 1. The molecule has 1 unspecified atom stereocenters. The van der Waals surface area contributed by atoms with Crippen LogP contribution in [0.4, 0.5) is 5.69 Å². The fourth-order valence-electron chi connectivity index (χ4n) is 2.96. The van der Waals surface area contributed by atoms with Crippen molar-refractivity contribution in [1.82, 2.24) is 16.0 Å². The molecule has 1 atom stereocenters. The summed E-state index contributed by atoms with van der Waals surface area (Å²) in [5.74, 6) is 0.770. The van der Waals surface area contributed by atoms with E-state index in [4.69, 9.17) is 0 Å². The molecule has 0 aromatic heterocycles. The van der Waals surface area contributed by atoms with E-state index in [9.17, 15) is 4.79 Å². The van der Waals surface area contributed by atoms with E-state index in [2.05, 4.69) is 66.0 Å². The van der Waals surface area contributed by atoms with Gasteiger partial charge in [0.2, 0.25) is 5.91 Å². The van der Waals surface area contributed by atoms with Crippen LogP contribution in [0.1, 0.15) is 27.2 Å². The Balaban J connectivity index is 0.00000364. The molecule has 0 spiro atoms. The number of carbonyl (C=O) groups is 1. The van der Waals surface area contributed by atoms with Crippen molar-refractivity contribution in [2.24, 2.45) is 10.4 Å².